The van der Waals surface area contributed by atoms with E-state index in [2.05, 4.69) is 4.98 Å². The van der Waals surface area contributed by atoms with E-state index in [-0.39, 0.29) is 5.82 Å². The average Bonchev–Trinajstić information content (AvgIpc) is 2.66. The minimum absolute atomic E-state index is 0.250. The average molecular weight is 237 g/mol. The van der Waals surface area contributed by atoms with E-state index in [1.165, 1.54) is 23.5 Å². The molecule has 2 N–H and O–H groups in total. The molecule has 2 aromatic rings. The lowest BCUT2D eigenvalue weighted by molar-refractivity contribution is 0.627. The maximum atomic E-state index is 13.1. The smallest absolute Gasteiger partial charge is 0.191 e. The lowest BCUT2D eigenvalue weighted by Gasteiger charge is -2.19. The number of rotatable bonds is 3. The van der Waals surface area contributed by atoms with Gasteiger partial charge in [0.25, 0.3) is 0 Å². The van der Waals surface area contributed by atoms with Crippen LogP contribution < -0.4 is 10.6 Å². The van der Waals surface area contributed by atoms with Gasteiger partial charge in [-0.1, -0.05) is 17.4 Å². The van der Waals surface area contributed by atoms with Crippen molar-refractivity contribution in [1.29, 1.82) is 0 Å². The van der Waals surface area contributed by atoms with Crippen LogP contribution >= 0.6 is 11.3 Å². The molecular formula is C11H12FN3S. The summed E-state index contributed by atoms with van der Waals surface area (Å²) in [6.07, 6.45) is 1.61. The number of nitrogens with zero attached hydrogens (tertiary/aromatic N) is 2. The van der Waals surface area contributed by atoms with Crippen molar-refractivity contribution in [3.05, 3.63) is 36.3 Å². The predicted molar refractivity (Wildman–Crippen MR) is 65.6 cm³/mol. The third-order valence-electron chi connectivity index (χ3n) is 2.18. The Labute approximate surface area is 97.3 Å². The van der Waals surface area contributed by atoms with Gasteiger partial charge in [0, 0.05) is 12.2 Å². The Kier molecular flexibility index (Phi) is 3.05. The molecule has 0 saturated carbocycles. The van der Waals surface area contributed by atoms with Crippen molar-refractivity contribution < 1.29 is 4.39 Å². The second kappa shape index (κ2) is 4.49. The van der Waals surface area contributed by atoms with Crippen LogP contribution in [0.1, 0.15) is 6.92 Å². The van der Waals surface area contributed by atoms with Gasteiger partial charge in [-0.2, -0.15) is 0 Å². The summed E-state index contributed by atoms with van der Waals surface area (Å²) < 4.78 is 13.1. The number of nitrogen functional groups attached to an aromatic ring is 1. The standard InChI is InChI=1S/C11H12FN3S/c1-2-15(11-14-7-10(13)16-11)9-5-3-4-8(12)6-9/h3-7H,2,13H2,1H3. The molecule has 0 fully saturated rings. The highest BCUT2D eigenvalue weighted by molar-refractivity contribution is 7.19. The van der Waals surface area contributed by atoms with E-state index in [4.69, 9.17) is 5.73 Å². The molecule has 0 aliphatic carbocycles. The zero-order valence-electron chi connectivity index (χ0n) is 8.85. The molecule has 84 valence electrons. The van der Waals surface area contributed by atoms with Crippen LogP contribution in [0.5, 0.6) is 0 Å². The summed E-state index contributed by atoms with van der Waals surface area (Å²) in [7, 11) is 0. The highest BCUT2D eigenvalue weighted by atomic mass is 32.1. The Balaban J connectivity index is 2.36. The van der Waals surface area contributed by atoms with Gasteiger partial charge in [0.05, 0.1) is 6.20 Å². The largest absolute Gasteiger partial charge is 0.389 e. The van der Waals surface area contributed by atoms with Crippen molar-refractivity contribution >= 4 is 27.2 Å². The lowest BCUT2D eigenvalue weighted by atomic mass is 10.3. The Morgan fingerprint density at radius 3 is 2.88 bits per heavy atom. The third kappa shape index (κ3) is 2.14. The van der Waals surface area contributed by atoms with Crippen LogP contribution in [0.3, 0.4) is 0 Å². The maximum absolute atomic E-state index is 13.1. The van der Waals surface area contributed by atoms with Gasteiger partial charge in [0.2, 0.25) is 0 Å². The van der Waals surface area contributed by atoms with Gasteiger partial charge < -0.3 is 10.6 Å². The molecule has 0 spiro atoms. The monoisotopic (exact) mass is 237 g/mol. The minimum Gasteiger partial charge on any atom is -0.389 e. The zero-order chi connectivity index (χ0) is 11.5. The Bertz CT molecular complexity index is 484. The van der Waals surface area contributed by atoms with Crippen LogP contribution in [-0.2, 0) is 0 Å². The number of nitrogens with two attached hydrogens (primary N) is 1. The third-order valence-corrected chi connectivity index (χ3v) is 3.03. The van der Waals surface area contributed by atoms with E-state index in [0.717, 1.165) is 17.4 Å². The van der Waals surface area contributed by atoms with Gasteiger partial charge in [-0.25, -0.2) is 9.37 Å². The maximum Gasteiger partial charge on any atom is 0.191 e. The zero-order valence-corrected chi connectivity index (χ0v) is 9.67. The van der Waals surface area contributed by atoms with Crippen molar-refractivity contribution in [2.45, 2.75) is 6.92 Å². The normalized spacial score (nSPS) is 10.4. The molecule has 3 nitrogen and oxygen atoms in total. The predicted octanol–water partition coefficient (Wildman–Crippen LogP) is 3.02. The number of anilines is 3. The summed E-state index contributed by atoms with van der Waals surface area (Å²) in [6, 6.07) is 6.45. The molecule has 0 unspecified atom stereocenters. The van der Waals surface area contributed by atoms with E-state index in [1.807, 2.05) is 17.9 Å². The summed E-state index contributed by atoms with van der Waals surface area (Å²) in [5.41, 5.74) is 6.42. The van der Waals surface area contributed by atoms with Gasteiger partial charge in [-0.3, -0.25) is 0 Å². The van der Waals surface area contributed by atoms with Crippen molar-refractivity contribution in [2.75, 3.05) is 17.2 Å². The first-order valence-corrected chi connectivity index (χ1v) is 5.76. The summed E-state index contributed by atoms with van der Waals surface area (Å²) in [5.74, 6) is -0.250. The Morgan fingerprint density at radius 1 is 1.50 bits per heavy atom. The van der Waals surface area contributed by atoms with Crippen molar-refractivity contribution in [3.63, 3.8) is 0 Å². The van der Waals surface area contributed by atoms with Crippen LogP contribution in [0.15, 0.2) is 30.5 Å². The van der Waals surface area contributed by atoms with Gasteiger partial charge >= 0.3 is 0 Å². The van der Waals surface area contributed by atoms with Crippen molar-refractivity contribution in [1.82, 2.24) is 4.98 Å². The summed E-state index contributed by atoms with van der Waals surface area (Å²) in [6.45, 7) is 2.71. The lowest BCUT2D eigenvalue weighted by Crippen LogP contribution is -2.15. The van der Waals surface area contributed by atoms with Crippen molar-refractivity contribution in [2.24, 2.45) is 0 Å². The number of hydrogen-bond donors (Lipinski definition) is 1. The molecule has 1 aromatic heterocycles. The fourth-order valence-corrected chi connectivity index (χ4v) is 2.24. The molecule has 5 heteroatoms. The van der Waals surface area contributed by atoms with Gasteiger partial charge in [0.1, 0.15) is 10.8 Å². The first-order valence-electron chi connectivity index (χ1n) is 4.95. The van der Waals surface area contributed by atoms with E-state index in [1.54, 1.807) is 12.3 Å². The highest BCUT2D eigenvalue weighted by Gasteiger charge is 2.11. The van der Waals surface area contributed by atoms with Gasteiger partial charge in [-0.15, -0.1) is 0 Å². The number of benzene rings is 1. The molecule has 16 heavy (non-hydrogen) atoms. The first-order chi connectivity index (χ1) is 7.70. The molecule has 2 rings (SSSR count). The summed E-state index contributed by atoms with van der Waals surface area (Å²) in [4.78, 5) is 6.11. The number of hydrogen-bond acceptors (Lipinski definition) is 4. The number of aromatic nitrogens is 1. The fraction of sp³-hybridized carbons (Fsp3) is 0.182. The molecule has 0 bridgehead atoms. The summed E-state index contributed by atoms with van der Waals surface area (Å²) in [5, 5.41) is 1.44. The van der Waals surface area contributed by atoms with Crippen molar-refractivity contribution in [3.8, 4) is 0 Å². The SMILES string of the molecule is CCN(c1cccc(F)c1)c1ncc(N)s1. The van der Waals surface area contributed by atoms with Gasteiger partial charge in [-0.05, 0) is 25.1 Å². The van der Waals surface area contributed by atoms with Crippen LogP contribution in [0.4, 0.5) is 20.2 Å². The number of halogens is 1. The van der Waals surface area contributed by atoms with Crippen LogP contribution in [0.25, 0.3) is 0 Å². The molecule has 0 radical (unpaired) electrons. The molecule has 0 amide bonds. The van der Waals surface area contributed by atoms with Crippen LogP contribution in [0, 0.1) is 5.82 Å². The van der Waals surface area contributed by atoms with Gasteiger partial charge in [0.15, 0.2) is 5.13 Å². The van der Waals surface area contributed by atoms with Crippen LogP contribution in [-0.4, -0.2) is 11.5 Å². The van der Waals surface area contributed by atoms with E-state index in [9.17, 15) is 4.39 Å². The Hall–Kier alpha value is -1.62. The molecule has 0 aliphatic heterocycles. The van der Waals surface area contributed by atoms with Crippen LogP contribution in [0.2, 0.25) is 0 Å². The van der Waals surface area contributed by atoms with E-state index in [0.29, 0.717) is 5.00 Å². The first kappa shape index (κ1) is 10.9. The van der Waals surface area contributed by atoms with E-state index >= 15 is 0 Å². The molecule has 1 aromatic carbocycles. The Morgan fingerprint density at radius 2 is 2.31 bits per heavy atom. The quantitative estimate of drug-likeness (QED) is 0.892. The second-order valence-electron chi connectivity index (χ2n) is 3.27. The fourth-order valence-electron chi connectivity index (χ4n) is 1.47. The molecular weight excluding hydrogens is 225 g/mol. The topological polar surface area (TPSA) is 42.2 Å². The van der Waals surface area contributed by atoms with E-state index < -0.39 is 0 Å². The minimum atomic E-state index is -0.250. The molecule has 0 aliphatic rings. The molecule has 1 heterocycles. The molecule has 0 saturated heterocycles. The highest BCUT2D eigenvalue weighted by Crippen LogP contribution is 2.30. The number of thiazole rings is 1. The molecule has 0 atom stereocenters. The summed E-state index contributed by atoms with van der Waals surface area (Å²) >= 11 is 1.39. The second-order valence-corrected chi connectivity index (χ2v) is 4.31.